The molecule has 0 aliphatic heterocycles. The summed E-state index contributed by atoms with van der Waals surface area (Å²) in [6.07, 6.45) is 0. The second kappa shape index (κ2) is 4.64. The van der Waals surface area contributed by atoms with Crippen molar-refractivity contribution in [2.45, 2.75) is 6.92 Å². The summed E-state index contributed by atoms with van der Waals surface area (Å²) in [6, 6.07) is 4.65. The van der Waals surface area contributed by atoms with Crippen LogP contribution in [0.3, 0.4) is 0 Å². The van der Waals surface area contributed by atoms with Gasteiger partial charge in [-0.15, -0.1) is 0 Å². The van der Waals surface area contributed by atoms with Crippen molar-refractivity contribution < 1.29 is 19.7 Å². The molecule has 0 radical (unpaired) electrons. The molecule has 2 rings (SSSR count). The zero-order chi connectivity index (χ0) is 14.2. The second-order valence-electron chi connectivity index (χ2n) is 4.18. The number of rotatable bonds is 3. The first-order valence-corrected chi connectivity index (χ1v) is 5.59. The number of carboxylic acid groups (broad SMARTS) is 1. The van der Waals surface area contributed by atoms with Gasteiger partial charge in [0.2, 0.25) is 0 Å². The molecule has 6 heteroatoms. The van der Waals surface area contributed by atoms with Gasteiger partial charge in [0.05, 0.1) is 12.8 Å². The van der Waals surface area contributed by atoms with Gasteiger partial charge < -0.3 is 14.9 Å². The Morgan fingerprint density at radius 3 is 2.58 bits per heavy atom. The Morgan fingerprint density at radius 1 is 1.37 bits per heavy atom. The number of phenolic OH excluding ortho intramolecular Hbond substituents is 1. The molecule has 6 nitrogen and oxygen atoms in total. The first-order chi connectivity index (χ1) is 8.93. The van der Waals surface area contributed by atoms with Crippen LogP contribution in [0, 0.1) is 6.92 Å². The van der Waals surface area contributed by atoms with Crippen LogP contribution in [0.2, 0.25) is 0 Å². The van der Waals surface area contributed by atoms with Crippen LogP contribution < -0.4 is 4.74 Å². The number of carbonyl (C=O) groups is 1. The highest BCUT2D eigenvalue weighted by Gasteiger charge is 2.16. The molecule has 19 heavy (non-hydrogen) atoms. The normalized spacial score (nSPS) is 10.5. The summed E-state index contributed by atoms with van der Waals surface area (Å²) in [5.74, 6) is -0.518. The number of aromatic hydroxyl groups is 1. The molecule has 0 saturated heterocycles. The van der Waals surface area contributed by atoms with Crippen molar-refractivity contribution in [2.24, 2.45) is 7.05 Å². The third kappa shape index (κ3) is 2.24. The Hall–Kier alpha value is -2.50. The Morgan fingerprint density at radius 2 is 2.05 bits per heavy atom. The summed E-state index contributed by atoms with van der Waals surface area (Å²) in [5.41, 5.74) is 1.82. The number of aromatic nitrogens is 2. The summed E-state index contributed by atoms with van der Waals surface area (Å²) < 4.78 is 6.53. The molecule has 0 bridgehead atoms. The minimum absolute atomic E-state index is 0.0161. The van der Waals surface area contributed by atoms with E-state index in [4.69, 9.17) is 9.84 Å². The minimum Gasteiger partial charge on any atom is -0.507 e. The van der Waals surface area contributed by atoms with Gasteiger partial charge in [-0.2, -0.15) is 5.10 Å². The van der Waals surface area contributed by atoms with Crippen LogP contribution in [0.5, 0.6) is 11.5 Å². The average molecular weight is 262 g/mol. The van der Waals surface area contributed by atoms with Crippen molar-refractivity contribution in [3.8, 4) is 22.8 Å². The Balaban J connectivity index is 2.59. The van der Waals surface area contributed by atoms with Crippen molar-refractivity contribution >= 4 is 5.97 Å². The van der Waals surface area contributed by atoms with Crippen molar-refractivity contribution in [2.75, 3.05) is 7.11 Å². The fourth-order valence-corrected chi connectivity index (χ4v) is 1.93. The highest BCUT2D eigenvalue weighted by atomic mass is 16.5. The fraction of sp³-hybridized carbons (Fsp3) is 0.231. The summed E-state index contributed by atoms with van der Waals surface area (Å²) in [6.45, 7) is 1.84. The lowest BCUT2D eigenvalue weighted by Gasteiger charge is -2.10. The van der Waals surface area contributed by atoms with Crippen LogP contribution in [-0.2, 0) is 7.05 Å². The minimum atomic E-state index is -1.11. The van der Waals surface area contributed by atoms with Gasteiger partial charge in [0.25, 0.3) is 0 Å². The molecule has 0 aliphatic rings. The first-order valence-electron chi connectivity index (χ1n) is 5.59. The topological polar surface area (TPSA) is 84.6 Å². The lowest BCUT2D eigenvalue weighted by Crippen LogP contribution is -1.99. The largest absolute Gasteiger partial charge is 0.507 e. The molecule has 1 aromatic heterocycles. The first kappa shape index (κ1) is 12.9. The van der Waals surface area contributed by atoms with Gasteiger partial charge >= 0.3 is 5.97 Å². The SMILES string of the molecule is COc1cc(O)c(-c2cc(C(=O)O)nn2C)cc1C. The number of phenols is 1. The predicted octanol–water partition coefficient (Wildman–Crippen LogP) is 1.81. The lowest BCUT2D eigenvalue weighted by atomic mass is 10.1. The second-order valence-corrected chi connectivity index (χ2v) is 4.18. The van der Waals surface area contributed by atoms with E-state index < -0.39 is 5.97 Å². The van der Waals surface area contributed by atoms with E-state index in [1.807, 2.05) is 6.92 Å². The maximum absolute atomic E-state index is 10.9. The quantitative estimate of drug-likeness (QED) is 0.881. The standard InChI is InChI=1S/C13H14N2O4/c1-7-4-8(11(16)6-12(7)19-3)10-5-9(13(17)18)14-15(10)2/h4-6,16H,1-3H3,(H,17,18). The van der Waals surface area contributed by atoms with Crippen LogP contribution in [0.25, 0.3) is 11.3 Å². The lowest BCUT2D eigenvalue weighted by molar-refractivity contribution is 0.0689. The number of carboxylic acids is 1. The maximum Gasteiger partial charge on any atom is 0.356 e. The molecule has 0 aliphatic carbocycles. The zero-order valence-corrected chi connectivity index (χ0v) is 10.8. The van der Waals surface area contributed by atoms with Crippen molar-refractivity contribution in [1.29, 1.82) is 0 Å². The number of aromatic carboxylic acids is 1. The number of nitrogens with zero attached hydrogens (tertiary/aromatic N) is 2. The number of ether oxygens (including phenoxy) is 1. The molecule has 1 aromatic carbocycles. The third-order valence-corrected chi connectivity index (χ3v) is 2.89. The van der Waals surface area contributed by atoms with E-state index in [-0.39, 0.29) is 11.4 Å². The van der Waals surface area contributed by atoms with Gasteiger partial charge in [0.1, 0.15) is 11.5 Å². The van der Waals surface area contributed by atoms with E-state index in [1.165, 1.54) is 23.9 Å². The molecule has 100 valence electrons. The van der Waals surface area contributed by atoms with Crippen LogP contribution >= 0.6 is 0 Å². The number of aryl methyl sites for hydroxylation is 2. The Kier molecular flexibility index (Phi) is 3.16. The van der Waals surface area contributed by atoms with Crippen molar-refractivity contribution in [1.82, 2.24) is 9.78 Å². The van der Waals surface area contributed by atoms with Crippen LogP contribution in [0.4, 0.5) is 0 Å². The number of hydrogen-bond donors (Lipinski definition) is 2. The van der Waals surface area contributed by atoms with E-state index in [9.17, 15) is 9.90 Å². The molecule has 2 N–H and O–H groups in total. The molecular formula is C13H14N2O4. The molecular weight excluding hydrogens is 248 g/mol. The number of methoxy groups -OCH3 is 1. The van der Waals surface area contributed by atoms with Gasteiger partial charge in [-0.1, -0.05) is 0 Å². The van der Waals surface area contributed by atoms with Crippen molar-refractivity contribution in [3.05, 3.63) is 29.5 Å². The zero-order valence-electron chi connectivity index (χ0n) is 10.8. The van der Waals surface area contributed by atoms with E-state index in [0.717, 1.165) is 5.56 Å². The third-order valence-electron chi connectivity index (χ3n) is 2.89. The Bertz CT molecular complexity index is 646. The molecule has 2 aromatic rings. The highest BCUT2D eigenvalue weighted by Crippen LogP contribution is 2.35. The van der Waals surface area contributed by atoms with Gasteiger partial charge in [0, 0.05) is 18.7 Å². The average Bonchev–Trinajstić information content (AvgIpc) is 2.74. The molecule has 0 saturated carbocycles. The maximum atomic E-state index is 10.9. The van der Waals surface area contributed by atoms with Crippen molar-refractivity contribution in [3.63, 3.8) is 0 Å². The molecule has 0 amide bonds. The van der Waals surface area contributed by atoms with E-state index in [2.05, 4.69) is 5.10 Å². The van der Waals surface area contributed by atoms with E-state index in [1.54, 1.807) is 13.1 Å². The van der Waals surface area contributed by atoms with Gasteiger partial charge in [-0.3, -0.25) is 4.68 Å². The number of benzene rings is 1. The molecule has 1 heterocycles. The molecule has 0 fully saturated rings. The van der Waals surface area contributed by atoms with E-state index >= 15 is 0 Å². The van der Waals surface area contributed by atoms with Crippen LogP contribution in [-0.4, -0.2) is 33.1 Å². The Labute approximate surface area is 109 Å². The number of hydrogen-bond acceptors (Lipinski definition) is 4. The van der Waals surface area contributed by atoms with Gasteiger partial charge in [-0.05, 0) is 24.6 Å². The fourth-order valence-electron chi connectivity index (χ4n) is 1.93. The van der Waals surface area contributed by atoms with Crippen LogP contribution in [0.15, 0.2) is 18.2 Å². The summed E-state index contributed by atoms with van der Waals surface area (Å²) >= 11 is 0. The monoisotopic (exact) mass is 262 g/mol. The smallest absolute Gasteiger partial charge is 0.356 e. The molecule has 0 unspecified atom stereocenters. The van der Waals surface area contributed by atoms with Gasteiger partial charge in [-0.25, -0.2) is 4.79 Å². The van der Waals surface area contributed by atoms with Crippen LogP contribution in [0.1, 0.15) is 16.1 Å². The predicted molar refractivity (Wildman–Crippen MR) is 68.6 cm³/mol. The summed E-state index contributed by atoms with van der Waals surface area (Å²) in [4.78, 5) is 10.9. The molecule has 0 atom stereocenters. The van der Waals surface area contributed by atoms with E-state index in [0.29, 0.717) is 17.0 Å². The van der Waals surface area contributed by atoms with Gasteiger partial charge in [0.15, 0.2) is 5.69 Å². The summed E-state index contributed by atoms with van der Waals surface area (Å²) in [7, 11) is 3.15. The molecule has 0 spiro atoms. The summed E-state index contributed by atoms with van der Waals surface area (Å²) in [5, 5.41) is 22.8. The highest BCUT2D eigenvalue weighted by molar-refractivity contribution is 5.87.